The van der Waals surface area contributed by atoms with E-state index in [4.69, 9.17) is 0 Å². The number of nitrogens with zero attached hydrogens (tertiary/aromatic N) is 4. The van der Waals surface area contributed by atoms with E-state index in [-0.39, 0.29) is 12.4 Å². The van der Waals surface area contributed by atoms with E-state index >= 15 is 0 Å². The van der Waals surface area contributed by atoms with Crippen LogP contribution in [0.1, 0.15) is 19.3 Å². The van der Waals surface area contributed by atoms with Gasteiger partial charge in [-0.05, 0) is 41.5 Å². The van der Waals surface area contributed by atoms with Crippen molar-refractivity contribution in [3.63, 3.8) is 0 Å². The zero-order valence-corrected chi connectivity index (χ0v) is 11.0. The number of aliphatic carboxylic acids is 1. The van der Waals surface area contributed by atoms with Gasteiger partial charge in [-0.25, -0.2) is 13.5 Å². The molecule has 1 fully saturated rings. The Bertz CT molecular complexity index is 697. The van der Waals surface area contributed by atoms with Gasteiger partial charge in [-0.1, -0.05) is 6.42 Å². The number of rotatable bonds is 4. The minimum absolute atomic E-state index is 0.115. The highest BCUT2D eigenvalue weighted by Gasteiger charge is 2.45. The first-order valence-electron chi connectivity index (χ1n) is 6.47. The number of tetrazole rings is 1. The summed E-state index contributed by atoms with van der Waals surface area (Å²) in [5.41, 5.74) is -0.568. The molecule has 1 N–H and O–H groups in total. The molecule has 21 heavy (non-hydrogen) atoms. The summed E-state index contributed by atoms with van der Waals surface area (Å²) in [5.74, 6) is -2.63. The Hall–Kier alpha value is -2.38. The van der Waals surface area contributed by atoms with Gasteiger partial charge in [0.15, 0.2) is 17.5 Å². The van der Waals surface area contributed by atoms with E-state index in [0.29, 0.717) is 18.4 Å². The summed E-state index contributed by atoms with van der Waals surface area (Å²) in [6.07, 6.45) is 1.95. The first-order valence-corrected chi connectivity index (χ1v) is 6.47. The van der Waals surface area contributed by atoms with Gasteiger partial charge in [0.1, 0.15) is 0 Å². The number of aromatic nitrogens is 4. The van der Waals surface area contributed by atoms with E-state index in [1.165, 1.54) is 10.7 Å². The second-order valence-corrected chi connectivity index (χ2v) is 5.23. The maximum absolute atomic E-state index is 13.3. The normalized spacial score (nSPS) is 16.5. The van der Waals surface area contributed by atoms with Gasteiger partial charge >= 0.3 is 5.97 Å². The molecule has 1 saturated carbocycles. The second kappa shape index (κ2) is 4.87. The molecule has 6 nitrogen and oxygen atoms in total. The topological polar surface area (TPSA) is 80.9 Å². The number of hydrogen-bond donors (Lipinski definition) is 1. The van der Waals surface area contributed by atoms with Crippen LogP contribution in [0.15, 0.2) is 18.2 Å². The van der Waals surface area contributed by atoms with Crippen molar-refractivity contribution in [2.24, 2.45) is 5.41 Å². The Kier molecular flexibility index (Phi) is 3.15. The predicted molar refractivity (Wildman–Crippen MR) is 67.1 cm³/mol. The molecule has 0 unspecified atom stereocenters. The van der Waals surface area contributed by atoms with Crippen molar-refractivity contribution in [1.29, 1.82) is 0 Å². The summed E-state index contributed by atoms with van der Waals surface area (Å²) in [7, 11) is 0. The number of carbonyl (C=O) groups is 1. The summed E-state index contributed by atoms with van der Waals surface area (Å²) < 4.78 is 27.6. The Morgan fingerprint density at radius 2 is 2.10 bits per heavy atom. The summed E-state index contributed by atoms with van der Waals surface area (Å²) >= 11 is 0. The summed E-state index contributed by atoms with van der Waals surface area (Å²) in [4.78, 5) is 11.4. The van der Waals surface area contributed by atoms with Crippen molar-refractivity contribution < 1.29 is 18.7 Å². The van der Waals surface area contributed by atoms with Crippen LogP contribution in [-0.2, 0) is 11.3 Å². The molecule has 1 aromatic carbocycles. The smallest absolute Gasteiger partial charge is 0.311 e. The lowest BCUT2D eigenvalue weighted by Crippen LogP contribution is -2.42. The largest absolute Gasteiger partial charge is 0.481 e. The van der Waals surface area contributed by atoms with Crippen molar-refractivity contribution in [1.82, 2.24) is 20.2 Å². The molecule has 8 heteroatoms. The van der Waals surface area contributed by atoms with Gasteiger partial charge in [-0.15, -0.1) is 5.10 Å². The summed E-state index contributed by atoms with van der Waals surface area (Å²) in [5, 5.41) is 20.4. The number of carboxylic acid groups (broad SMARTS) is 1. The molecule has 2 aromatic rings. The van der Waals surface area contributed by atoms with Crippen molar-refractivity contribution in [3.8, 4) is 11.4 Å². The van der Waals surface area contributed by atoms with Crippen LogP contribution in [0.4, 0.5) is 8.78 Å². The maximum Gasteiger partial charge on any atom is 0.311 e. The monoisotopic (exact) mass is 294 g/mol. The molecule has 0 amide bonds. The van der Waals surface area contributed by atoms with E-state index in [1.807, 2.05) is 0 Å². The van der Waals surface area contributed by atoms with Crippen LogP contribution >= 0.6 is 0 Å². The predicted octanol–water partition coefficient (Wildman–Crippen LogP) is 1.87. The highest BCUT2D eigenvalue weighted by Crippen LogP contribution is 2.43. The average Bonchev–Trinajstić information content (AvgIpc) is 2.84. The lowest BCUT2D eigenvalue weighted by atomic mass is 9.69. The lowest BCUT2D eigenvalue weighted by molar-refractivity contribution is -0.156. The molecule has 0 aliphatic heterocycles. The SMILES string of the molecule is O=C(O)C1(Cn2nnnc2-c2ccc(F)c(F)c2)CCC1. The maximum atomic E-state index is 13.3. The van der Waals surface area contributed by atoms with Crippen LogP contribution in [-0.4, -0.2) is 31.3 Å². The highest BCUT2D eigenvalue weighted by molar-refractivity contribution is 5.75. The molecule has 3 rings (SSSR count). The van der Waals surface area contributed by atoms with Crippen molar-refractivity contribution in [3.05, 3.63) is 29.8 Å². The van der Waals surface area contributed by atoms with E-state index in [0.717, 1.165) is 18.6 Å². The third-order valence-corrected chi connectivity index (χ3v) is 3.93. The minimum atomic E-state index is -1.00. The van der Waals surface area contributed by atoms with E-state index in [1.54, 1.807) is 0 Å². The van der Waals surface area contributed by atoms with Gasteiger partial charge in [0.25, 0.3) is 0 Å². The molecule has 0 spiro atoms. The van der Waals surface area contributed by atoms with Crippen LogP contribution in [0.5, 0.6) is 0 Å². The first-order chi connectivity index (χ1) is 10.0. The Morgan fingerprint density at radius 3 is 2.67 bits per heavy atom. The van der Waals surface area contributed by atoms with Crippen LogP contribution in [0, 0.1) is 17.0 Å². The number of halogens is 2. The van der Waals surface area contributed by atoms with Crippen LogP contribution in [0.25, 0.3) is 11.4 Å². The van der Waals surface area contributed by atoms with Gasteiger partial charge in [-0.3, -0.25) is 4.79 Å². The fourth-order valence-corrected chi connectivity index (χ4v) is 2.48. The second-order valence-electron chi connectivity index (χ2n) is 5.23. The van der Waals surface area contributed by atoms with Crippen molar-refractivity contribution in [2.75, 3.05) is 0 Å². The van der Waals surface area contributed by atoms with E-state index < -0.39 is 23.0 Å². The molecule has 0 saturated heterocycles. The Balaban J connectivity index is 1.94. The van der Waals surface area contributed by atoms with Crippen LogP contribution in [0.3, 0.4) is 0 Å². The zero-order chi connectivity index (χ0) is 15.0. The Labute approximate surface area is 118 Å². The van der Waals surface area contributed by atoms with Gasteiger partial charge < -0.3 is 5.11 Å². The van der Waals surface area contributed by atoms with Gasteiger partial charge in [-0.2, -0.15) is 0 Å². The molecule has 0 bridgehead atoms. The summed E-state index contributed by atoms with van der Waals surface area (Å²) in [6.45, 7) is 0.115. The number of benzene rings is 1. The standard InChI is InChI=1S/C13H12F2N4O2/c14-9-3-2-8(6-10(9)15)11-16-17-18-19(11)7-13(12(20)21)4-1-5-13/h2-3,6H,1,4-5,7H2,(H,20,21). The van der Waals surface area contributed by atoms with Crippen LogP contribution < -0.4 is 0 Å². The molecular formula is C13H12F2N4O2. The molecule has 0 atom stereocenters. The zero-order valence-electron chi connectivity index (χ0n) is 11.0. The van der Waals surface area contributed by atoms with E-state index in [2.05, 4.69) is 15.5 Å². The molecule has 1 aliphatic rings. The number of carboxylic acids is 1. The molecular weight excluding hydrogens is 282 g/mol. The number of hydrogen-bond acceptors (Lipinski definition) is 4. The quantitative estimate of drug-likeness (QED) is 0.931. The average molecular weight is 294 g/mol. The fourth-order valence-electron chi connectivity index (χ4n) is 2.48. The molecule has 1 heterocycles. The third kappa shape index (κ3) is 2.26. The fraction of sp³-hybridized carbons (Fsp3) is 0.385. The molecule has 1 aromatic heterocycles. The highest BCUT2D eigenvalue weighted by atomic mass is 19.2. The van der Waals surface area contributed by atoms with Crippen molar-refractivity contribution >= 4 is 5.97 Å². The molecule has 0 radical (unpaired) electrons. The first kappa shape index (κ1) is 13.6. The van der Waals surface area contributed by atoms with Crippen molar-refractivity contribution in [2.45, 2.75) is 25.8 Å². The minimum Gasteiger partial charge on any atom is -0.481 e. The third-order valence-electron chi connectivity index (χ3n) is 3.93. The van der Waals surface area contributed by atoms with Crippen LogP contribution in [0.2, 0.25) is 0 Å². The molecule has 110 valence electrons. The van der Waals surface area contributed by atoms with Gasteiger partial charge in [0, 0.05) is 5.56 Å². The molecule has 1 aliphatic carbocycles. The van der Waals surface area contributed by atoms with Gasteiger partial charge in [0.2, 0.25) is 0 Å². The Morgan fingerprint density at radius 1 is 1.33 bits per heavy atom. The summed E-state index contributed by atoms with van der Waals surface area (Å²) in [6, 6.07) is 3.33. The lowest BCUT2D eigenvalue weighted by Gasteiger charge is -2.37. The van der Waals surface area contributed by atoms with Gasteiger partial charge in [0.05, 0.1) is 12.0 Å². The van der Waals surface area contributed by atoms with E-state index in [9.17, 15) is 18.7 Å².